The van der Waals surface area contributed by atoms with Gasteiger partial charge in [0.2, 0.25) is 11.8 Å². The van der Waals surface area contributed by atoms with Crippen molar-refractivity contribution in [2.75, 3.05) is 22.5 Å². The van der Waals surface area contributed by atoms with E-state index in [0.29, 0.717) is 16.5 Å². The van der Waals surface area contributed by atoms with Crippen LogP contribution in [0.15, 0.2) is 47.4 Å². The van der Waals surface area contributed by atoms with Crippen LogP contribution < -0.4 is 10.2 Å². The smallest absolute Gasteiger partial charge is 0.244 e. The number of fused-ring (bicyclic) bond motifs is 1. The van der Waals surface area contributed by atoms with Crippen LogP contribution in [0.4, 0.5) is 11.4 Å². The van der Waals surface area contributed by atoms with Gasteiger partial charge in [0.25, 0.3) is 0 Å². The van der Waals surface area contributed by atoms with E-state index < -0.39 is 0 Å². The van der Waals surface area contributed by atoms with Crippen molar-refractivity contribution in [1.82, 2.24) is 0 Å². The molecule has 23 heavy (non-hydrogen) atoms. The molecule has 1 aliphatic heterocycles. The molecule has 2 aromatic rings. The van der Waals surface area contributed by atoms with Gasteiger partial charge < -0.3 is 10.2 Å². The number of nitrogens with zero attached hydrogens (tertiary/aromatic N) is 1. The number of nitrogens with one attached hydrogen (secondary N) is 1. The second-order valence-electron chi connectivity index (χ2n) is 5.24. The summed E-state index contributed by atoms with van der Waals surface area (Å²) in [5, 5.41) is 3.38. The Kier molecular flexibility index (Phi) is 4.59. The van der Waals surface area contributed by atoms with Gasteiger partial charge in [0.05, 0.1) is 11.4 Å². The Morgan fingerprint density at radius 2 is 2.09 bits per heavy atom. The van der Waals surface area contributed by atoms with Crippen molar-refractivity contribution in [3.05, 3.63) is 53.1 Å². The summed E-state index contributed by atoms with van der Waals surface area (Å²) in [4.78, 5) is 27.1. The predicted octanol–water partition coefficient (Wildman–Crippen LogP) is 3.73. The maximum Gasteiger partial charge on any atom is 0.244 e. The zero-order valence-corrected chi connectivity index (χ0v) is 14.1. The summed E-state index contributed by atoms with van der Waals surface area (Å²) >= 11 is 7.46. The van der Waals surface area contributed by atoms with Crippen LogP contribution in [-0.2, 0) is 9.59 Å². The molecule has 3 rings (SSSR count). The molecule has 1 aliphatic rings. The first-order valence-electron chi connectivity index (χ1n) is 7.13. The van der Waals surface area contributed by atoms with E-state index in [4.69, 9.17) is 11.6 Å². The zero-order chi connectivity index (χ0) is 16.4. The number of para-hydroxylation sites is 1. The average Bonchev–Trinajstić information content (AvgIpc) is 2.54. The predicted molar refractivity (Wildman–Crippen MR) is 94.3 cm³/mol. The molecule has 0 radical (unpaired) electrons. The number of amides is 2. The SMILES string of the molecule is Cc1ccc(Cl)cc1NC(=O)CN1C(=O)CSc2ccccc21. The highest BCUT2D eigenvalue weighted by Gasteiger charge is 2.26. The Hall–Kier alpha value is -1.98. The first-order valence-corrected chi connectivity index (χ1v) is 8.49. The third-order valence-electron chi connectivity index (χ3n) is 3.58. The van der Waals surface area contributed by atoms with E-state index in [-0.39, 0.29) is 18.4 Å². The maximum absolute atomic E-state index is 12.3. The zero-order valence-electron chi connectivity index (χ0n) is 12.5. The molecule has 1 heterocycles. The number of benzene rings is 2. The van der Waals surface area contributed by atoms with Gasteiger partial charge in [0.15, 0.2) is 0 Å². The van der Waals surface area contributed by atoms with Gasteiger partial charge in [-0.1, -0.05) is 29.8 Å². The molecule has 0 unspecified atom stereocenters. The van der Waals surface area contributed by atoms with E-state index in [1.165, 1.54) is 16.7 Å². The molecule has 0 aromatic heterocycles. The Labute approximate surface area is 143 Å². The van der Waals surface area contributed by atoms with Crippen molar-refractivity contribution in [1.29, 1.82) is 0 Å². The van der Waals surface area contributed by atoms with Gasteiger partial charge in [-0.15, -0.1) is 11.8 Å². The fraction of sp³-hybridized carbons (Fsp3) is 0.176. The molecule has 0 saturated carbocycles. The molecule has 2 aromatic carbocycles. The van der Waals surface area contributed by atoms with Gasteiger partial charge in [0, 0.05) is 15.6 Å². The molecule has 0 spiro atoms. The quantitative estimate of drug-likeness (QED) is 0.921. The Bertz CT molecular complexity index is 779. The number of aryl methyl sites for hydroxylation is 1. The van der Waals surface area contributed by atoms with E-state index in [2.05, 4.69) is 5.32 Å². The minimum Gasteiger partial charge on any atom is -0.324 e. The topological polar surface area (TPSA) is 49.4 Å². The molecule has 0 aliphatic carbocycles. The summed E-state index contributed by atoms with van der Waals surface area (Å²) in [5.74, 6) is 0.0395. The summed E-state index contributed by atoms with van der Waals surface area (Å²) < 4.78 is 0. The van der Waals surface area contributed by atoms with E-state index in [0.717, 1.165) is 16.1 Å². The first-order chi connectivity index (χ1) is 11.0. The van der Waals surface area contributed by atoms with E-state index in [9.17, 15) is 9.59 Å². The van der Waals surface area contributed by atoms with Crippen LogP contribution in [0.5, 0.6) is 0 Å². The summed E-state index contributed by atoms with van der Waals surface area (Å²) in [7, 11) is 0. The Balaban J connectivity index is 1.78. The first kappa shape index (κ1) is 15.9. The summed E-state index contributed by atoms with van der Waals surface area (Å²) in [5.41, 5.74) is 2.37. The second kappa shape index (κ2) is 6.64. The van der Waals surface area contributed by atoms with Gasteiger partial charge in [-0.25, -0.2) is 0 Å². The van der Waals surface area contributed by atoms with Gasteiger partial charge in [0.1, 0.15) is 6.54 Å². The van der Waals surface area contributed by atoms with Crippen LogP contribution in [-0.4, -0.2) is 24.1 Å². The Morgan fingerprint density at radius 1 is 1.30 bits per heavy atom. The minimum atomic E-state index is -0.245. The molecule has 0 fully saturated rings. The van der Waals surface area contributed by atoms with Crippen molar-refractivity contribution >= 4 is 46.6 Å². The van der Waals surface area contributed by atoms with Crippen LogP contribution in [0.3, 0.4) is 0 Å². The summed E-state index contributed by atoms with van der Waals surface area (Å²) in [6.07, 6.45) is 0. The molecule has 6 heteroatoms. The fourth-order valence-corrected chi connectivity index (χ4v) is 3.50. The minimum absolute atomic E-state index is 0.0115. The molecule has 0 atom stereocenters. The molecular formula is C17H15ClN2O2S. The normalized spacial score (nSPS) is 13.7. The highest BCUT2D eigenvalue weighted by atomic mass is 35.5. The van der Waals surface area contributed by atoms with E-state index in [1.54, 1.807) is 12.1 Å². The van der Waals surface area contributed by atoms with Crippen LogP contribution in [0, 0.1) is 6.92 Å². The van der Waals surface area contributed by atoms with Gasteiger partial charge in [-0.3, -0.25) is 9.59 Å². The molecule has 2 amide bonds. The molecular weight excluding hydrogens is 332 g/mol. The standard InChI is InChI=1S/C17H15ClN2O2S/c1-11-6-7-12(18)8-13(11)19-16(21)9-20-14-4-2-3-5-15(14)23-10-17(20)22/h2-8H,9-10H2,1H3,(H,19,21). The lowest BCUT2D eigenvalue weighted by Gasteiger charge is -2.28. The van der Waals surface area contributed by atoms with E-state index >= 15 is 0 Å². The largest absolute Gasteiger partial charge is 0.324 e. The van der Waals surface area contributed by atoms with Crippen molar-refractivity contribution < 1.29 is 9.59 Å². The van der Waals surface area contributed by atoms with Crippen LogP contribution in [0.2, 0.25) is 5.02 Å². The van der Waals surface area contributed by atoms with Crippen LogP contribution >= 0.6 is 23.4 Å². The monoisotopic (exact) mass is 346 g/mol. The lowest BCUT2D eigenvalue weighted by molar-refractivity contribution is -0.120. The molecule has 4 nitrogen and oxygen atoms in total. The van der Waals surface area contributed by atoms with Crippen molar-refractivity contribution in [2.24, 2.45) is 0 Å². The van der Waals surface area contributed by atoms with Gasteiger partial charge in [-0.2, -0.15) is 0 Å². The number of thioether (sulfide) groups is 1. The molecule has 1 N–H and O–H groups in total. The highest BCUT2D eigenvalue weighted by molar-refractivity contribution is 8.00. The van der Waals surface area contributed by atoms with Gasteiger partial charge in [-0.05, 0) is 36.8 Å². The maximum atomic E-state index is 12.3. The molecule has 0 bridgehead atoms. The summed E-state index contributed by atoms with van der Waals surface area (Å²) in [6, 6.07) is 12.9. The number of carbonyl (C=O) groups excluding carboxylic acids is 2. The van der Waals surface area contributed by atoms with E-state index in [1.807, 2.05) is 37.3 Å². The number of carbonyl (C=O) groups is 2. The molecule has 118 valence electrons. The number of halogens is 1. The number of rotatable bonds is 3. The summed E-state index contributed by atoms with van der Waals surface area (Å²) in [6.45, 7) is 1.88. The number of hydrogen-bond donors (Lipinski definition) is 1. The fourth-order valence-electron chi connectivity index (χ4n) is 2.39. The lowest BCUT2D eigenvalue weighted by atomic mass is 10.2. The highest BCUT2D eigenvalue weighted by Crippen LogP contribution is 2.34. The molecule has 0 saturated heterocycles. The van der Waals surface area contributed by atoms with Crippen molar-refractivity contribution in [2.45, 2.75) is 11.8 Å². The number of anilines is 2. The third kappa shape index (κ3) is 3.51. The van der Waals surface area contributed by atoms with Gasteiger partial charge >= 0.3 is 0 Å². The number of hydrogen-bond acceptors (Lipinski definition) is 3. The average molecular weight is 347 g/mol. The second-order valence-corrected chi connectivity index (χ2v) is 6.70. The van der Waals surface area contributed by atoms with Crippen molar-refractivity contribution in [3.8, 4) is 0 Å². The van der Waals surface area contributed by atoms with Crippen LogP contribution in [0.25, 0.3) is 0 Å². The third-order valence-corrected chi connectivity index (χ3v) is 4.87. The lowest BCUT2D eigenvalue weighted by Crippen LogP contribution is -2.41. The Morgan fingerprint density at radius 3 is 2.91 bits per heavy atom. The van der Waals surface area contributed by atoms with Crippen molar-refractivity contribution in [3.63, 3.8) is 0 Å². The van der Waals surface area contributed by atoms with Crippen LogP contribution in [0.1, 0.15) is 5.56 Å².